The molecule has 0 radical (unpaired) electrons. The first-order chi connectivity index (χ1) is 11.1. The normalized spacial score (nSPS) is 10.5. The van der Waals surface area contributed by atoms with Gasteiger partial charge in [0, 0.05) is 24.1 Å². The molecule has 23 heavy (non-hydrogen) atoms. The van der Waals surface area contributed by atoms with Crippen molar-refractivity contribution in [3.8, 4) is 0 Å². The van der Waals surface area contributed by atoms with Crippen molar-refractivity contribution in [1.82, 2.24) is 9.97 Å². The summed E-state index contributed by atoms with van der Waals surface area (Å²) in [6.07, 6.45) is 5.92. The Labute approximate surface area is 142 Å². The van der Waals surface area contributed by atoms with E-state index in [1.807, 2.05) is 13.0 Å². The summed E-state index contributed by atoms with van der Waals surface area (Å²) in [6.45, 7) is 8.87. The van der Waals surface area contributed by atoms with Gasteiger partial charge in [-0.05, 0) is 32.8 Å². The minimum atomic E-state index is -0.301. The van der Waals surface area contributed by atoms with Gasteiger partial charge in [0.2, 0.25) is 0 Å². The first-order valence-corrected chi connectivity index (χ1v) is 8.97. The second-order valence-corrected chi connectivity index (χ2v) is 6.21. The smallest absolute Gasteiger partial charge is 0.333 e. The van der Waals surface area contributed by atoms with Gasteiger partial charge in [-0.25, -0.2) is 14.8 Å². The summed E-state index contributed by atoms with van der Waals surface area (Å²) in [5, 5.41) is 0.803. The summed E-state index contributed by atoms with van der Waals surface area (Å²) in [5.74, 6) is 0.688. The average Bonchev–Trinajstić information content (AvgIpc) is 2.55. The van der Waals surface area contributed by atoms with E-state index in [1.165, 1.54) is 0 Å². The summed E-state index contributed by atoms with van der Waals surface area (Å²) < 4.78 is 10.4. The van der Waals surface area contributed by atoms with E-state index in [-0.39, 0.29) is 5.97 Å². The fourth-order valence-electron chi connectivity index (χ4n) is 1.74. The first-order valence-electron chi connectivity index (χ1n) is 7.98. The number of thioether (sulfide) groups is 1. The molecule has 0 unspecified atom stereocenters. The molecule has 0 aliphatic rings. The predicted molar refractivity (Wildman–Crippen MR) is 92.3 cm³/mol. The molecule has 0 N–H and O–H groups in total. The minimum absolute atomic E-state index is 0.301. The molecule has 0 atom stereocenters. The van der Waals surface area contributed by atoms with Crippen molar-refractivity contribution >= 4 is 17.7 Å². The number of esters is 1. The zero-order valence-electron chi connectivity index (χ0n) is 14.0. The number of unbranched alkanes of at least 4 members (excludes halogenated alkanes) is 3. The highest BCUT2D eigenvalue weighted by atomic mass is 32.2. The highest BCUT2D eigenvalue weighted by Gasteiger charge is 2.03. The molecule has 1 heterocycles. The molecule has 6 heteroatoms. The molecule has 5 nitrogen and oxygen atoms in total. The van der Waals surface area contributed by atoms with E-state index in [0.717, 1.165) is 42.3 Å². The van der Waals surface area contributed by atoms with Crippen LogP contribution in [0, 0.1) is 0 Å². The maximum Gasteiger partial charge on any atom is 0.333 e. The van der Waals surface area contributed by atoms with Crippen LogP contribution in [0.25, 0.3) is 0 Å². The van der Waals surface area contributed by atoms with E-state index in [9.17, 15) is 4.79 Å². The predicted octanol–water partition coefficient (Wildman–Crippen LogP) is 3.78. The number of hydrogen-bond acceptors (Lipinski definition) is 6. The van der Waals surface area contributed by atoms with Crippen LogP contribution in [0.4, 0.5) is 0 Å². The summed E-state index contributed by atoms with van der Waals surface area (Å²) in [6, 6.07) is 1.88. The van der Waals surface area contributed by atoms with Crippen LogP contribution in [0.2, 0.25) is 0 Å². The van der Waals surface area contributed by atoms with Gasteiger partial charge in [0.1, 0.15) is 0 Å². The molecule has 1 rings (SSSR count). The fourth-order valence-corrected chi connectivity index (χ4v) is 2.59. The summed E-state index contributed by atoms with van der Waals surface area (Å²) in [7, 11) is 0. The van der Waals surface area contributed by atoms with Crippen LogP contribution in [-0.2, 0) is 20.9 Å². The van der Waals surface area contributed by atoms with Gasteiger partial charge in [-0.2, -0.15) is 0 Å². The van der Waals surface area contributed by atoms with Crippen LogP contribution in [-0.4, -0.2) is 34.9 Å². The number of ether oxygens (including phenoxy) is 2. The van der Waals surface area contributed by atoms with Crippen molar-refractivity contribution in [3.05, 3.63) is 30.1 Å². The van der Waals surface area contributed by atoms with Gasteiger partial charge in [-0.15, -0.1) is 0 Å². The summed E-state index contributed by atoms with van der Waals surface area (Å²) >= 11 is 1.67. The zero-order chi connectivity index (χ0) is 16.9. The van der Waals surface area contributed by atoms with Crippen molar-refractivity contribution in [2.75, 3.05) is 19.0 Å². The van der Waals surface area contributed by atoms with Crippen LogP contribution in [0.1, 0.15) is 45.2 Å². The van der Waals surface area contributed by atoms with Gasteiger partial charge in [-0.3, -0.25) is 0 Å². The molecule has 0 fully saturated rings. The molecular formula is C17H26N2O3S. The van der Waals surface area contributed by atoms with E-state index in [1.54, 1.807) is 24.9 Å². The Morgan fingerprint density at radius 2 is 2.09 bits per heavy atom. The SMILES string of the molecule is C=C(C)C(=O)OCCCCCCSc1nccc(COCC)n1. The Morgan fingerprint density at radius 1 is 1.30 bits per heavy atom. The van der Waals surface area contributed by atoms with Gasteiger partial charge in [0.25, 0.3) is 0 Å². The second kappa shape index (κ2) is 12.1. The van der Waals surface area contributed by atoms with E-state index in [4.69, 9.17) is 9.47 Å². The van der Waals surface area contributed by atoms with Gasteiger partial charge >= 0.3 is 5.97 Å². The van der Waals surface area contributed by atoms with Gasteiger partial charge in [-0.1, -0.05) is 31.2 Å². The maximum absolute atomic E-state index is 11.2. The topological polar surface area (TPSA) is 61.3 Å². The number of aromatic nitrogens is 2. The number of carbonyl (C=O) groups is 1. The molecule has 0 saturated carbocycles. The van der Waals surface area contributed by atoms with Crippen molar-refractivity contribution in [2.24, 2.45) is 0 Å². The lowest BCUT2D eigenvalue weighted by Gasteiger charge is -2.05. The average molecular weight is 338 g/mol. The van der Waals surface area contributed by atoms with E-state index in [2.05, 4.69) is 16.5 Å². The Bertz CT molecular complexity index is 494. The molecule has 0 aliphatic heterocycles. The molecule has 0 bridgehead atoms. The maximum atomic E-state index is 11.2. The van der Waals surface area contributed by atoms with E-state index < -0.39 is 0 Å². The molecule has 0 amide bonds. The molecule has 0 aliphatic carbocycles. The molecule has 0 aromatic carbocycles. The fraction of sp³-hybridized carbons (Fsp3) is 0.588. The molecule has 128 valence electrons. The first kappa shape index (κ1) is 19.6. The van der Waals surface area contributed by atoms with Gasteiger partial charge in [0.15, 0.2) is 5.16 Å². The highest BCUT2D eigenvalue weighted by Crippen LogP contribution is 2.16. The van der Waals surface area contributed by atoms with Crippen LogP contribution in [0.15, 0.2) is 29.6 Å². The lowest BCUT2D eigenvalue weighted by Crippen LogP contribution is -2.06. The minimum Gasteiger partial charge on any atom is -0.462 e. The monoisotopic (exact) mass is 338 g/mol. The van der Waals surface area contributed by atoms with Gasteiger partial charge < -0.3 is 9.47 Å². The largest absolute Gasteiger partial charge is 0.462 e. The van der Waals surface area contributed by atoms with Crippen LogP contribution in [0.3, 0.4) is 0 Å². The summed E-state index contributed by atoms with van der Waals surface area (Å²) in [5.41, 5.74) is 1.37. The van der Waals surface area contributed by atoms with Crippen LogP contribution >= 0.6 is 11.8 Å². The van der Waals surface area contributed by atoms with Crippen LogP contribution < -0.4 is 0 Å². The van der Waals surface area contributed by atoms with Crippen molar-refractivity contribution in [2.45, 2.75) is 51.3 Å². The number of nitrogens with zero attached hydrogens (tertiary/aromatic N) is 2. The Hall–Kier alpha value is -1.40. The third kappa shape index (κ3) is 9.36. The molecule has 0 spiro atoms. The van der Waals surface area contributed by atoms with Gasteiger partial charge in [0.05, 0.1) is 18.9 Å². The second-order valence-electron chi connectivity index (χ2n) is 5.15. The van der Waals surface area contributed by atoms with Crippen LogP contribution in [0.5, 0.6) is 0 Å². The van der Waals surface area contributed by atoms with E-state index >= 15 is 0 Å². The third-order valence-corrected chi connectivity index (χ3v) is 3.94. The molecule has 1 aromatic heterocycles. The molecular weight excluding hydrogens is 312 g/mol. The summed E-state index contributed by atoms with van der Waals surface area (Å²) in [4.78, 5) is 19.9. The lowest BCUT2D eigenvalue weighted by molar-refractivity contribution is -0.139. The van der Waals surface area contributed by atoms with Crippen molar-refractivity contribution in [3.63, 3.8) is 0 Å². The quantitative estimate of drug-likeness (QED) is 0.190. The van der Waals surface area contributed by atoms with Crippen molar-refractivity contribution in [1.29, 1.82) is 0 Å². The molecule has 0 saturated heterocycles. The number of hydrogen-bond donors (Lipinski definition) is 0. The Morgan fingerprint density at radius 3 is 2.83 bits per heavy atom. The van der Waals surface area contributed by atoms with E-state index in [0.29, 0.717) is 25.4 Å². The Balaban J connectivity index is 2.06. The number of rotatable bonds is 12. The zero-order valence-corrected chi connectivity index (χ0v) is 14.9. The van der Waals surface area contributed by atoms with Crippen molar-refractivity contribution < 1.29 is 14.3 Å². The standard InChI is InChI=1S/C17H26N2O3S/c1-4-21-13-15-9-10-18-17(19-15)23-12-8-6-5-7-11-22-16(20)14(2)3/h9-10H,2,4-8,11-13H2,1,3H3. The lowest BCUT2D eigenvalue weighted by atomic mass is 10.2. The Kier molecular flexibility index (Phi) is 10.3. The highest BCUT2D eigenvalue weighted by molar-refractivity contribution is 7.99. The number of carbonyl (C=O) groups excluding carboxylic acids is 1. The third-order valence-electron chi connectivity index (χ3n) is 3.00. The molecule has 1 aromatic rings.